The van der Waals surface area contributed by atoms with Crippen LogP contribution in [0.3, 0.4) is 0 Å². The molecule has 2 aliphatic heterocycles. The van der Waals surface area contributed by atoms with Gasteiger partial charge in [-0.15, -0.1) is 0 Å². The Hall–Kier alpha value is -1.70. The van der Waals surface area contributed by atoms with E-state index in [0.717, 1.165) is 13.1 Å². The Morgan fingerprint density at radius 2 is 0.846 bits per heavy atom. The van der Waals surface area contributed by atoms with Crippen molar-refractivity contribution < 1.29 is 0 Å². The van der Waals surface area contributed by atoms with E-state index in [-0.39, 0.29) is 0 Å². The molecule has 2 rings (SSSR count). The first-order chi connectivity index (χ1) is 12.8. The van der Waals surface area contributed by atoms with Crippen LogP contribution in [-0.2, 0) is 0 Å². The van der Waals surface area contributed by atoms with E-state index in [0.29, 0.717) is 0 Å². The van der Waals surface area contributed by atoms with Crippen LogP contribution < -0.4 is 0 Å². The number of unbranched alkanes of at least 4 members (excludes halogenated alkanes) is 8. The molecule has 0 aromatic heterocycles. The summed E-state index contributed by atoms with van der Waals surface area (Å²) in [5, 5.41) is 0. The normalized spacial score (nSPS) is 16.2. The van der Waals surface area contributed by atoms with Crippen molar-refractivity contribution in [3.8, 4) is 0 Å². The number of allylic oxidation sites excluding steroid dienone is 6. The topological polar surface area (TPSA) is 6.48 Å². The van der Waals surface area contributed by atoms with Gasteiger partial charge in [0.05, 0.1) is 0 Å². The fraction of sp³-hybridized carbons (Fsp3) is 0.583. The Bertz CT molecular complexity index is 456. The van der Waals surface area contributed by atoms with Gasteiger partial charge in [0.15, 0.2) is 0 Å². The Labute approximate surface area is 161 Å². The summed E-state index contributed by atoms with van der Waals surface area (Å²) >= 11 is 0. The Balaban J connectivity index is 1.70. The molecule has 0 atom stereocenters. The molecule has 2 aliphatic rings. The zero-order chi connectivity index (χ0) is 18.5. The van der Waals surface area contributed by atoms with Crippen molar-refractivity contribution in [1.29, 1.82) is 0 Å². The lowest BCUT2D eigenvalue weighted by Crippen LogP contribution is -2.15. The van der Waals surface area contributed by atoms with Crippen LogP contribution in [0.2, 0.25) is 0 Å². The van der Waals surface area contributed by atoms with E-state index in [2.05, 4.69) is 72.8 Å². The first kappa shape index (κ1) is 20.6. The van der Waals surface area contributed by atoms with Crippen molar-refractivity contribution in [3.05, 3.63) is 60.3 Å². The summed E-state index contributed by atoms with van der Waals surface area (Å²) in [6, 6.07) is 0. The van der Waals surface area contributed by atoms with Gasteiger partial charge in [0.2, 0.25) is 0 Å². The van der Waals surface area contributed by atoms with Gasteiger partial charge >= 0.3 is 0 Å². The molecule has 0 saturated heterocycles. The molecule has 0 radical (unpaired) electrons. The molecule has 144 valence electrons. The van der Waals surface area contributed by atoms with Crippen molar-refractivity contribution in [3.63, 3.8) is 0 Å². The van der Waals surface area contributed by atoms with Crippen LogP contribution >= 0.6 is 0 Å². The zero-order valence-corrected chi connectivity index (χ0v) is 17.0. The molecule has 0 aromatic rings. The van der Waals surface area contributed by atoms with Gasteiger partial charge in [-0.1, -0.05) is 65.2 Å². The number of hydrogen-bond acceptors (Lipinski definition) is 2. The average molecular weight is 355 g/mol. The van der Waals surface area contributed by atoms with Gasteiger partial charge in [-0.05, 0) is 48.3 Å². The third-order valence-electron chi connectivity index (χ3n) is 5.16. The van der Waals surface area contributed by atoms with Crippen LogP contribution in [0.1, 0.15) is 78.1 Å². The van der Waals surface area contributed by atoms with Gasteiger partial charge in [0.1, 0.15) is 0 Å². The summed E-state index contributed by atoms with van der Waals surface area (Å²) in [4.78, 5) is 4.63. The fourth-order valence-electron chi connectivity index (χ4n) is 3.39. The van der Waals surface area contributed by atoms with Crippen LogP contribution in [0.4, 0.5) is 0 Å². The maximum atomic E-state index is 2.31. The molecular formula is C24H38N2. The minimum Gasteiger partial charge on any atom is -0.354 e. The van der Waals surface area contributed by atoms with Crippen LogP contribution in [0.15, 0.2) is 60.3 Å². The third-order valence-corrected chi connectivity index (χ3v) is 5.16. The highest BCUT2D eigenvalue weighted by Gasteiger charge is 2.06. The summed E-state index contributed by atoms with van der Waals surface area (Å²) in [6.07, 6.45) is 31.3. The van der Waals surface area contributed by atoms with E-state index in [4.69, 9.17) is 0 Å². The third kappa shape index (κ3) is 7.68. The summed E-state index contributed by atoms with van der Waals surface area (Å²) in [5.41, 5.74) is 2.62. The standard InChI is InChI=1S/C24H38N2/c1-3-5-7-9-11-17-25-19-13-23(14-20-25)24-15-21-26(22-16-24)18-12-10-8-6-4-2/h13-16,19-22H,3-12,17-18H2,1-2H3. The first-order valence-electron chi connectivity index (χ1n) is 10.8. The highest BCUT2D eigenvalue weighted by atomic mass is 15.1. The molecule has 2 heterocycles. The maximum Gasteiger partial charge on any atom is 0.0219 e. The van der Waals surface area contributed by atoms with E-state index in [1.165, 1.54) is 75.4 Å². The number of nitrogens with zero attached hydrogens (tertiary/aromatic N) is 2. The molecule has 0 saturated carbocycles. The fourth-order valence-corrected chi connectivity index (χ4v) is 3.39. The van der Waals surface area contributed by atoms with Gasteiger partial charge in [0, 0.05) is 37.9 Å². The number of hydrogen-bond donors (Lipinski definition) is 0. The molecule has 0 aromatic carbocycles. The Morgan fingerprint density at radius 1 is 0.500 bits per heavy atom. The minimum absolute atomic E-state index is 1.14. The maximum absolute atomic E-state index is 2.31. The van der Waals surface area contributed by atoms with Gasteiger partial charge in [-0.2, -0.15) is 0 Å². The van der Waals surface area contributed by atoms with E-state index in [1.54, 1.807) is 0 Å². The first-order valence-corrected chi connectivity index (χ1v) is 10.8. The molecule has 0 aliphatic carbocycles. The summed E-state index contributed by atoms with van der Waals surface area (Å²) in [5.74, 6) is 0. The van der Waals surface area contributed by atoms with E-state index < -0.39 is 0 Å². The average Bonchev–Trinajstić information content (AvgIpc) is 2.69. The molecule has 0 unspecified atom stereocenters. The van der Waals surface area contributed by atoms with Crippen molar-refractivity contribution in [2.45, 2.75) is 78.1 Å². The second-order valence-electron chi connectivity index (χ2n) is 7.48. The van der Waals surface area contributed by atoms with Crippen molar-refractivity contribution in [2.24, 2.45) is 0 Å². The van der Waals surface area contributed by atoms with Crippen molar-refractivity contribution in [1.82, 2.24) is 9.80 Å². The lowest BCUT2D eigenvalue weighted by Gasteiger charge is -2.22. The molecule has 26 heavy (non-hydrogen) atoms. The lowest BCUT2D eigenvalue weighted by atomic mass is 10.0. The summed E-state index contributed by atoms with van der Waals surface area (Å²) in [7, 11) is 0. The molecule has 0 bridgehead atoms. The largest absolute Gasteiger partial charge is 0.354 e. The minimum atomic E-state index is 1.14. The van der Waals surface area contributed by atoms with Crippen molar-refractivity contribution in [2.75, 3.05) is 13.1 Å². The van der Waals surface area contributed by atoms with E-state index in [1.807, 2.05) is 0 Å². The van der Waals surface area contributed by atoms with Crippen LogP contribution in [0.5, 0.6) is 0 Å². The van der Waals surface area contributed by atoms with Crippen LogP contribution in [0.25, 0.3) is 0 Å². The SMILES string of the molecule is CCCCCCCN1C=CC(=C2C=CN(CCCCCCC)C=C2)C=C1. The molecular weight excluding hydrogens is 316 g/mol. The zero-order valence-electron chi connectivity index (χ0n) is 17.0. The monoisotopic (exact) mass is 354 g/mol. The quantitative estimate of drug-likeness (QED) is 0.351. The summed E-state index contributed by atoms with van der Waals surface area (Å²) in [6.45, 7) is 6.81. The molecule has 2 nitrogen and oxygen atoms in total. The van der Waals surface area contributed by atoms with Gasteiger partial charge in [0.25, 0.3) is 0 Å². The summed E-state index contributed by atoms with van der Waals surface area (Å²) < 4.78 is 0. The van der Waals surface area contributed by atoms with Gasteiger partial charge < -0.3 is 9.80 Å². The second kappa shape index (κ2) is 12.6. The number of rotatable bonds is 12. The van der Waals surface area contributed by atoms with Crippen LogP contribution in [-0.4, -0.2) is 22.9 Å². The van der Waals surface area contributed by atoms with Crippen LogP contribution in [0, 0.1) is 0 Å². The Morgan fingerprint density at radius 3 is 1.19 bits per heavy atom. The predicted octanol–water partition coefficient (Wildman–Crippen LogP) is 6.91. The van der Waals surface area contributed by atoms with Crippen molar-refractivity contribution >= 4 is 0 Å². The second-order valence-corrected chi connectivity index (χ2v) is 7.48. The molecule has 0 spiro atoms. The highest BCUT2D eigenvalue weighted by Crippen LogP contribution is 2.20. The van der Waals surface area contributed by atoms with Gasteiger partial charge in [-0.25, -0.2) is 0 Å². The Kier molecular flexibility index (Phi) is 10.0. The van der Waals surface area contributed by atoms with Gasteiger partial charge in [-0.3, -0.25) is 0 Å². The molecule has 0 N–H and O–H groups in total. The smallest absolute Gasteiger partial charge is 0.0219 e. The molecule has 0 fully saturated rings. The predicted molar refractivity (Wildman–Crippen MR) is 115 cm³/mol. The highest BCUT2D eigenvalue weighted by molar-refractivity contribution is 5.48. The van der Waals surface area contributed by atoms with E-state index >= 15 is 0 Å². The van der Waals surface area contributed by atoms with E-state index in [9.17, 15) is 0 Å². The lowest BCUT2D eigenvalue weighted by molar-refractivity contribution is 0.464. The molecule has 0 amide bonds. The molecule has 2 heteroatoms.